The third-order valence-corrected chi connectivity index (χ3v) is 1.06. The minimum absolute atomic E-state index is 0.123. The molecule has 0 unspecified atom stereocenters. The Labute approximate surface area is 56.8 Å². The van der Waals surface area contributed by atoms with E-state index in [1.54, 1.807) is 0 Å². The topological polar surface area (TPSA) is 92.3 Å². The van der Waals surface area contributed by atoms with Crippen molar-refractivity contribution < 1.29 is 17.2 Å². The first-order valence-electron chi connectivity index (χ1n) is 2.23. The Kier molecular flexibility index (Phi) is 1.60. The third-order valence-electron chi connectivity index (χ3n) is 0.668. The summed E-state index contributed by atoms with van der Waals surface area (Å²) in [5, 5.41) is 0. The van der Waals surface area contributed by atoms with E-state index in [9.17, 15) is 8.42 Å². The fourth-order valence-electron chi connectivity index (χ4n) is 0.402. The van der Waals surface area contributed by atoms with Gasteiger partial charge in [-0.25, -0.2) is 4.98 Å². The largest absolute Gasteiger partial charge is 0.447 e. The summed E-state index contributed by atoms with van der Waals surface area (Å²) in [5.74, 6) is -0.123. The van der Waals surface area contributed by atoms with E-state index in [2.05, 4.69) is 14.2 Å². The monoisotopic (exact) mass is 164 g/mol. The highest BCUT2D eigenvalue weighted by Crippen LogP contribution is 2.03. The van der Waals surface area contributed by atoms with Gasteiger partial charge < -0.3 is 9.17 Å². The molecule has 2 N–H and O–H groups in total. The number of aromatic amines is 1. The summed E-state index contributed by atoms with van der Waals surface area (Å²) < 4.78 is 32.0. The van der Waals surface area contributed by atoms with E-state index in [-0.39, 0.29) is 5.88 Å². The number of rotatable bonds is 2. The molecule has 0 radical (unpaired) electrons. The molecule has 0 amide bonds. The first-order valence-corrected chi connectivity index (χ1v) is 3.60. The quantitative estimate of drug-likeness (QED) is 0.580. The van der Waals surface area contributed by atoms with Gasteiger partial charge in [-0.3, -0.25) is 4.55 Å². The van der Waals surface area contributed by atoms with Gasteiger partial charge in [-0.15, -0.1) is 0 Å². The van der Waals surface area contributed by atoms with Crippen LogP contribution in [0.5, 0.6) is 5.88 Å². The molecular formula is C3H4N2O4S. The Morgan fingerprint density at radius 3 is 2.80 bits per heavy atom. The predicted molar refractivity (Wildman–Crippen MR) is 30.8 cm³/mol. The van der Waals surface area contributed by atoms with Crippen LogP contribution in [0.3, 0.4) is 0 Å². The van der Waals surface area contributed by atoms with Gasteiger partial charge in [0.1, 0.15) is 0 Å². The molecule has 10 heavy (non-hydrogen) atoms. The van der Waals surface area contributed by atoms with Crippen molar-refractivity contribution in [2.75, 3.05) is 0 Å². The number of nitrogens with zero attached hydrogens (tertiary/aromatic N) is 1. The SMILES string of the molecule is O=S(=O)(O)Oc1cnc[nH]1. The molecule has 0 aromatic carbocycles. The Morgan fingerprint density at radius 2 is 2.40 bits per heavy atom. The maximum absolute atomic E-state index is 9.98. The van der Waals surface area contributed by atoms with Gasteiger partial charge >= 0.3 is 10.4 Å². The average Bonchev–Trinajstić information content (AvgIpc) is 2.12. The van der Waals surface area contributed by atoms with E-state index in [1.165, 1.54) is 6.33 Å². The van der Waals surface area contributed by atoms with E-state index in [4.69, 9.17) is 4.55 Å². The molecule has 7 heteroatoms. The number of nitrogens with one attached hydrogen (secondary N) is 1. The summed E-state index contributed by atoms with van der Waals surface area (Å²) >= 11 is 0. The normalized spacial score (nSPS) is 11.3. The van der Waals surface area contributed by atoms with Crippen LogP contribution in [0.1, 0.15) is 0 Å². The van der Waals surface area contributed by atoms with Crippen LogP contribution in [0, 0.1) is 0 Å². The van der Waals surface area contributed by atoms with E-state index < -0.39 is 10.4 Å². The second kappa shape index (κ2) is 2.27. The number of aromatic nitrogens is 2. The number of H-pyrrole nitrogens is 1. The van der Waals surface area contributed by atoms with Crippen LogP contribution in [-0.2, 0) is 10.4 Å². The lowest BCUT2D eigenvalue weighted by atomic mass is 10.9. The molecule has 6 nitrogen and oxygen atoms in total. The zero-order valence-corrected chi connectivity index (χ0v) is 5.50. The maximum atomic E-state index is 9.98. The molecular weight excluding hydrogens is 160 g/mol. The Hall–Kier alpha value is -1.08. The van der Waals surface area contributed by atoms with E-state index >= 15 is 0 Å². The molecule has 0 aliphatic heterocycles. The molecule has 0 spiro atoms. The van der Waals surface area contributed by atoms with Gasteiger partial charge in [-0.2, -0.15) is 8.42 Å². The van der Waals surface area contributed by atoms with Gasteiger partial charge in [0.05, 0.1) is 12.5 Å². The van der Waals surface area contributed by atoms with Crippen molar-refractivity contribution in [1.29, 1.82) is 0 Å². The molecule has 0 saturated carbocycles. The van der Waals surface area contributed by atoms with Crippen molar-refractivity contribution in [3.05, 3.63) is 12.5 Å². The van der Waals surface area contributed by atoms with Crippen LogP contribution in [0.2, 0.25) is 0 Å². The Bertz CT molecular complexity index is 288. The van der Waals surface area contributed by atoms with Crippen LogP contribution in [0.4, 0.5) is 0 Å². The third kappa shape index (κ3) is 2.03. The van der Waals surface area contributed by atoms with Crippen LogP contribution in [0.25, 0.3) is 0 Å². The number of hydrogen-bond acceptors (Lipinski definition) is 4. The fraction of sp³-hybridized carbons (Fsp3) is 0. The summed E-state index contributed by atoms with van der Waals surface area (Å²) in [6.45, 7) is 0. The van der Waals surface area contributed by atoms with Crippen LogP contribution in [-0.4, -0.2) is 22.9 Å². The van der Waals surface area contributed by atoms with Gasteiger partial charge in [-0.05, 0) is 0 Å². The van der Waals surface area contributed by atoms with Crippen molar-refractivity contribution in [3.63, 3.8) is 0 Å². The highest BCUT2D eigenvalue weighted by Gasteiger charge is 2.06. The number of hydrogen-bond donors (Lipinski definition) is 2. The van der Waals surface area contributed by atoms with E-state index in [0.717, 1.165) is 6.20 Å². The van der Waals surface area contributed by atoms with Gasteiger partial charge in [0.2, 0.25) is 5.88 Å². The van der Waals surface area contributed by atoms with Crippen LogP contribution in [0.15, 0.2) is 12.5 Å². The Morgan fingerprint density at radius 1 is 1.70 bits per heavy atom. The van der Waals surface area contributed by atoms with Crippen molar-refractivity contribution in [1.82, 2.24) is 9.97 Å². The standard InChI is InChI=1S/C3H4N2O4S/c6-10(7,8)9-3-1-4-2-5-3/h1-2H,(H,4,5)(H,6,7,8). The van der Waals surface area contributed by atoms with Crippen LogP contribution < -0.4 is 4.18 Å². The second-order valence-electron chi connectivity index (χ2n) is 1.43. The summed E-state index contributed by atoms with van der Waals surface area (Å²) in [6, 6.07) is 0. The minimum Gasteiger partial charge on any atom is -0.341 e. The molecule has 1 aromatic heterocycles. The van der Waals surface area contributed by atoms with Gasteiger partial charge in [-0.1, -0.05) is 0 Å². The highest BCUT2D eigenvalue weighted by molar-refractivity contribution is 7.81. The summed E-state index contributed by atoms with van der Waals surface area (Å²) in [5.41, 5.74) is 0. The molecule has 1 aromatic rings. The van der Waals surface area contributed by atoms with Crippen LogP contribution >= 0.6 is 0 Å². The first kappa shape index (κ1) is 7.03. The minimum atomic E-state index is -4.42. The predicted octanol–water partition coefficient (Wildman–Crippen LogP) is -0.409. The van der Waals surface area contributed by atoms with Crippen molar-refractivity contribution in [3.8, 4) is 5.88 Å². The lowest BCUT2D eigenvalue weighted by Crippen LogP contribution is -2.06. The average molecular weight is 164 g/mol. The molecule has 1 rings (SSSR count). The van der Waals surface area contributed by atoms with Crippen molar-refractivity contribution in [2.24, 2.45) is 0 Å². The van der Waals surface area contributed by atoms with E-state index in [0.29, 0.717) is 0 Å². The summed E-state index contributed by atoms with van der Waals surface area (Å²) in [7, 11) is -4.42. The molecule has 0 atom stereocenters. The summed E-state index contributed by atoms with van der Waals surface area (Å²) in [4.78, 5) is 5.77. The summed E-state index contributed by atoms with van der Waals surface area (Å²) in [6.07, 6.45) is 2.34. The molecule has 0 fully saturated rings. The molecule has 1 heterocycles. The smallest absolute Gasteiger partial charge is 0.341 e. The Balaban J connectivity index is 2.75. The number of imidazole rings is 1. The molecule has 0 aliphatic carbocycles. The fourth-order valence-corrected chi connectivity index (χ4v) is 0.720. The van der Waals surface area contributed by atoms with Crippen molar-refractivity contribution >= 4 is 10.4 Å². The first-order chi connectivity index (χ1) is 4.58. The second-order valence-corrected chi connectivity index (χ2v) is 2.45. The molecule has 0 aliphatic rings. The van der Waals surface area contributed by atoms with Gasteiger partial charge in [0.25, 0.3) is 0 Å². The lowest BCUT2D eigenvalue weighted by molar-refractivity contribution is 0.382. The zero-order chi connectivity index (χ0) is 7.61. The zero-order valence-electron chi connectivity index (χ0n) is 4.68. The molecule has 56 valence electrons. The lowest BCUT2D eigenvalue weighted by Gasteiger charge is -1.93. The van der Waals surface area contributed by atoms with Gasteiger partial charge in [0, 0.05) is 0 Å². The van der Waals surface area contributed by atoms with E-state index in [1.807, 2.05) is 0 Å². The maximum Gasteiger partial charge on any atom is 0.447 e. The van der Waals surface area contributed by atoms with Gasteiger partial charge in [0.15, 0.2) is 0 Å². The van der Waals surface area contributed by atoms with Crippen molar-refractivity contribution in [2.45, 2.75) is 0 Å². The molecule has 0 saturated heterocycles. The highest BCUT2D eigenvalue weighted by atomic mass is 32.3. The molecule has 0 bridgehead atoms.